The Morgan fingerprint density at radius 2 is 1.78 bits per heavy atom. The topological polar surface area (TPSA) is 81.7 Å². The van der Waals surface area contributed by atoms with Crippen molar-refractivity contribution in [3.63, 3.8) is 0 Å². The van der Waals surface area contributed by atoms with Crippen molar-refractivity contribution in [1.82, 2.24) is 5.32 Å². The van der Waals surface area contributed by atoms with Gasteiger partial charge in [0, 0.05) is 0 Å². The second-order valence-electron chi connectivity index (χ2n) is 4.82. The molecule has 1 amide bonds. The van der Waals surface area contributed by atoms with E-state index in [0.717, 1.165) is 0 Å². The molecule has 0 aromatic carbocycles. The van der Waals surface area contributed by atoms with Gasteiger partial charge in [0.15, 0.2) is 5.78 Å². The fourth-order valence-electron chi connectivity index (χ4n) is 1.07. The number of rotatable bonds is 5. The third-order valence-electron chi connectivity index (χ3n) is 1.84. The van der Waals surface area contributed by atoms with E-state index in [0.29, 0.717) is 0 Å². The molecule has 0 heterocycles. The third-order valence-corrected chi connectivity index (χ3v) is 1.84. The van der Waals surface area contributed by atoms with Crippen LogP contribution in [0.2, 0.25) is 0 Å². The molecular formula is C12H21NO5. The average Bonchev–Trinajstić information content (AvgIpc) is 2.14. The van der Waals surface area contributed by atoms with Gasteiger partial charge >= 0.3 is 12.1 Å². The highest BCUT2D eigenvalue weighted by atomic mass is 16.6. The Bertz CT molecular complexity index is 319. The third kappa shape index (κ3) is 7.65. The van der Waals surface area contributed by atoms with Crippen LogP contribution in [0.5, 0.6) is 0 Å². The van der Waals surface area contributed by atoms with Crippen LogP contribution in [0.3, 0.4) is 0 Å². The summed E-state index contributed by atoms with van der Waals surface area (Å²) in [4.78, 5) is 34.0. The number of ketones is 1. The van der Waals surface area contributed by atoms with Crippen LogP contribution in [0.15, 0.2) is 0 Å². The molecule has 0 aromatic heterocycles. The van der Waals surface area contributed by atoms with Crippen LogP contribution in [0, 0.1) is 0 Å². The number of alkyl carbamates (subject to hydrolysis) is 1. The second-order valence-corrected chi connectivity index (χ2v) is 4.82. The molecule has 0 saturated heterocycles. The van der Waals surface area contributed by atoms with Gasteiger partial charge in [-0.15, -0.1) is 0 Å². The average molecular weight is 259 g/mol. The van der Waals surface area contributed by atoms with E-state index >= 15 is 0 Å². The lowest BCUT2D eigenvalue weighted by atomic mass is 10.1. The fraction of sp³-hybridized carbons (Fsp3) is 0.750. The van der Waals surface area contributed by atoms with Gasteiger partial charge in [0.2, 0.25) is 0 Å². The van der Waals surface area contributed by atoms with Crippen LogP contribution < -0.4 is 5.32 Å². The van der Waals surface area contributed by atoms with E-state index in [1.165, 1.54) is 6.92 Å². The molecule has 6 heteroatoms. The molecule has 0 unspecified atom stereocenters. The van der Waals surface area contributed by atoms with Crippen molar-refractivity contribution in [3.8, 4) is 0 Å². The maximum atomic E-state index is 11.6. The summed E-state index contributed by atoms with van der Waals surface area (Å²) in [7, 11) is 0. The molecule has 104 valence electrons. The SMILES string of the molecule is CCOC(=O)CC(=O)[C@@H](C)NC(=O)OC(C)(C)C. The largest absolute Gasteiger partial charge is 0.466 e. The second kappa shape index (κ2) is 6.98. The summed E-state index contributed by atoms with van der Waals surface area (Å²) in [6.07, 6.45) is -1.04. The predicted molar refractivity (Wildman–Crippen MR) is 65.1 cm³/mol. The van der Waals surface area contributed by atoms with E-state index in [4.69, 9.17) is 4.74 Å². The van der Waals surface area contributed by atoms with Gasteiger partial charge in [0.25, 0.3) is 0 Å². The van der Waals surface area contributed by atoms with Crippen LogP contribution in [0.25, 0.3) is 0 Å². The number of esters is 1. The Hall–Kier alpha value is -1.59. The van der Waals surface area contributed by atoms with Gasteiger partial charge in [-0.25, -0.2) is 4.79 Å². The smallest absolute Gasteiger partial charge is 0.408 e. The van der Waals surface area contributed by atoms with Crippen molar-refractivity contribution in [1.29, 1.82) is 0 Å². The molecule has 0 aromatic rings. The first-order valence-electron chi connectivity index (χ1n) is 5.83. The van der Waals surface area contributed by atoms with Crippen LogP contribution in [0.4, 0.5) is 4.79 Å². The first-order valence-corrected chi connectivity index (χ1v) is 5.83. The Morgan fingerprint density at radius 1 is 1.22 bits per heavy atom. The quantitative estimate of drug-likeness (QED) is 0.596. The molecule has 0 aliphatic rings. The maximum absolute atomic E-state index is 11.6. The first kappa shape index (κ1) is 16.4. The highest BCUT2D eigenvalue weighted by Gasteiger charge is 2.22. The number of hydrogen-bond acceptors (Lipinski definition) is 5. The minimum absolute atomic E-state index is 0.222. The zero-order valence-electron chi connectivity index (χ0n) is 11.5. The van der Waals surface area contributed by atoms with Gasteiger partial charge in [-0.1, -0.05) is 0 Å². The van der Waals surface area contributed by atoms with Crippen molar-refractivity contribution in [2.75, 3.05) is 6.61 Å². The molecule has 0 aliphatic heterocycles. The summed E-state index contributed by atoms with van der Waals surface area (Å²) in [5.74, 6) is -1.01. The van der Waals surface area contributed by atoms with E-state index in [2.05, 4.69) is 10.1 Å². The van der Waals surface area contributed by atoms with Gasteiger partial charge in [-0.05, 0) is 34.6 Å². The number of hydrogen-bond donors (Lipinski definition) is 1. The number of carbonyl (C=O) groups is 3. The summed E-state index contributed by atoms with van der Waals surface area (Å²) >= 11 is 0. The van der Waals surface area contributed by atoms with Crippen LogP contribution in [0.1, 0.15) is 41.0 Å². The highest BCUT2D eigenvalue weighted by Crippen LogP contribution is 2.07. The van der Waals surface area contributed by atoms with E-state index in [-0.39, 0.29) is 13.0 Å². The zero-order valence-corrected chi connectivity index (χ0v) is 11.5. The summed E-state index contributed by atoms with van der Waals surface area (Å²) in [5.41, 5.74) is -0.631. The lowest BCUT2D eigenvalue weighted by Gasteiger charge is -2.21. The molecule has 0 rings (SSSR count). The molecule has 6 nitrogen and oxygen atoms in total. The van der Waals surface area contributed by atoms with Crippen LogP contribution in [-0.2, 0) is 19.1 Å². The van der Waals surface area contributed by atoms with Crippen molar-refractivity contribution in [2.24, 2.45) is 0 Å². The summed E-state index contributed by atoms with van der Waals surface area (Å²) in [6.45, 7) is 8.53. The fourth-order valence-corrected chi connectivity index (χ4v) is 1.07. The maximum Gasteiger partial charge on any atom is 0.408 e. The van der Waals surface area contributed by atoms with E-state index in [1.807, 2.05) is 0 Å². The summed E-state index contributed by atoms with van der Waals surface area (Å²) in [6, 6.07) is -0.788. The Kier molecular flexibility index (Phi) is 6.36. The van der Waals surface area contributed by atoms with Crippen molar-refractivity contribution >= 4 is 17.8 Å². The van der Waals surface area contributed by atoms with Gasteiger partial charge < -0.3 is 14.8 Å². The predicted octanol–water partition coefficient (Wildman–Crippen LogP) is 1.42. The van der Waals surface area contributed by atoms with E-state index in [1.54, 1.807) is 27.7 Å². The van der Waals surface area contributed by atoms with E-state index in [9.17, 15) is 14.4 Å². The molecule has 1 N–H and O–H groups in total. The summed E-state index contributed by atoms with van der Waals surface area (Å²) in [5, 5.41) is 2.37. The molecule has 0 fully saturated rings. The Balaban J connectivity index is 4.16. The molecule has 0 saturated carbocycles. The monoisotopic (exact) mass is 259 g/mol. The number of carbonyl (C=O) groups excluding carboxylic acids is 3. The molecule has 1 atom stereocenters. The molecule has 18 heavy (non-hydrogen) atoms. The summed E-state index contributed by atoms with van der Waals surface area (Å²) < 4.78 is 9.64. The van der Waals surface area contributed by atoms with Crippen molar-refractivity contribution in [2.45, 2.75) is 52.7 Å². The number of nitrogens with one attached hydrogen (secondary N) is 1. The lowest BCUT2D eigenvalue weighted by molar-refractivity contribution is -0.145. The minimum Gasteiger partial charge on any atom is -0.466 e. The lowest BCUT2D eigenvalue weighted by Crippen LogP contribution is -2.42. The molecule has 0 radical (unpaired) electrons. The van der Waals surface area contributed by atoms with Crippen LogP contribution >= 0.6 is 0 Å². The molecular weight excluding hydrogens is 238 g/mol. The minimum atomic E-state index is -0.788. The molecule has 0 spiro atoms. The van der Waals surface area contributed by atoms with Gasteiger partial charge in [-0.2, -0.15) is 0 Å². The molecule has 0 bridgehead atoms. The zero-order chi connectivity index (χ0) is 14.3. The van der Waals surface area contributed by atoms with Crippen molar-refractivity contribution in [3.05, 3.63) is 0 Å². The number of ether oxygens (including phenoxy) is 2. The molecule has 0 aliphatic carbocycles. The Labute approximate surface area is 107 Å². The van der Waals surface area contributed by atoms with Gasteiger partial charge in [0.05, 0.1) is 12.6 Å². The van der Waals surface area contributed by atoms with Crippen molar-refractivity contribution < 1.29 is 23.9 Å². The standard InChI is InChI=1S/C12H21NO5/c1-6-17-10(15)7-9(14)8(2)13-11(16)18-12(3,4)5/h8H,6-7H2,1-5H3,(H,13,16)/t8-/m1/s1. The highest BCUT2D eigenvalue weighted by molar-refractivity contribution is 5.99. The van der Waals surface area contributed by atoms with Gasteiger partial charge in [-0.3, -0.25) is 9.59 Å². The normalized spacial score (nSPS) is 12.5. The van der Waals surface area contributed by atoms with E-state index < -0.39 is 29.5 Å². The Morgan fingerprint density at radius 3 is 2.22 bits per heavy atom. The van der Waals surface area contributed by atoms with Crippen LogP contribution in [-0.4, -0.2) is 36.1 Å². The first-order chi connectivity index (χ1) is 8.15. The van der Waals surface area contributed by atoms with Gasteiger partial charge in [0.1, 0.15) is 12.0 Å². The number of amides is 1. The number of Topliss-reactive ketones (excluding diaryl/α,β-unsaturated/α-hetero) is 1.